The summed E-state index contributed by atoms with van der Waals surface area (Å²) in [5.41, 5.74) is 0.529. The van der Waals surface area contributed by atoms with E-state index >= 15 is 0 Å². The van der Waals surface area contributed by atoms with Crippen LogP contribution in [-0.4, -0.2) is 54.7 Å². The highest BCUT2D eigenvalue weighted by molar-refractivity contribution is 5.91. The average molecular weight is 375 g/mol. The van der Waals surface area contributed by atoms with E-state index in [9.17, 15) is 9.59 Å². The monoisotopic (exact) mass is 375 g/mol. The minimum Gasteiger partial charge on any atom is -0.384 e. The van der Waals surface area contributed by atoms with Crippen molar-refractivity contribution in [2.24, 2.45) is 5.41 Å². The summed E-state index contributed by atoms with van der Waals surface area (Å²) in [4.78, 5) is 27.3. The second-order valence-corrected chi connectivity index (χ2v) is 8.37. The van der Waals surface area contributed by atoms with Crippen LogP contribution in [0.15, 0.2) is 10.6 Å². The zero-order valence-corrected chi connectivity index (χ0v) is 16.0. The Labute approximate surface area is 159 Å². The number of likely N-dealkylation sites (tertiary alicyclic amines) is 1. The number of rotatable bonds is 6. The summed E-state index contributed by atoms with van der Waals surface area (Å²) in [6, 6.07) is 1.79. The number of carbonyl (C=O) groups is 2. The molecule has 2 aliphatic carbocycles. The lowest BCUT2D eigenvalue weighted by atomic mass is 9.68. The molecule has 1 atom stereocenters. The summed E-state index contributed by atoms with van der Waals surface area (Å²) in [5, 5.41) is 7.25. The molecule has 0 spiro atoms. The Kier molecular flexibility index (Phi) is 5.21. The van der Waals surface area contributed by atoms with Gasteiger partial charge in [0.25, 0.3) is 5.91 Å². The smallest absolute Gasteiger partial charge is 0.292 e. The molecular weight excluding hydrogens is 346 g/mol. The van der Waals surface area contributed by atoms with E-state index in [0.29, 0.717) is 31.4 Å². The summed E-state index contributed by atoms with van der Waals surface area (Å²) < 4.78 is 10.6. The van der Waals surface area contributed by atoms with Crippen LogP contribution in [-0.2, 0) is 9.53 Å². The molecule has 1 N–H and O–H groups in total. The van der Waals surface area contributed by atoms with Gasteiger partial charge in [0.15, 0.2) is 0 Å². The van der Waals surface area contributed by atoms with E-state index in [2.05, 4.69) is 10.5 Å². The molecule has 0 radical (unpaired) electrons. The summed E-state index contributed by atoms with van der Waals surface area (Å²) in [6.07, 6.45) is 8.07. The van der Waals surface area contributed by atoms with Crippen molar-refractivity contribution in [1.82, 2.24) is 15.4 Å². The second kappa shape index (κ2) is 7.62. The molecule has 4 rings (SSSR count). The number of hydrogen-bond acceptors (Lipinski definition) is 5. The summed E-state index contributed by atoms with van der Waals surface area (Å²) >= 11 is 0. The minimum absolute atomic E-state index is 0.0152. The number of nitrogens with zero attached hydrogens (tertiary/aromatic N) is 2. The number of hydrogen-bond donors (Lipinski definition) is 1. The predicted octanol–water partition coefficient (Wildman–Crippen LogP) is 2.48. The van der Waals surface area contributed by atoms with Crippen LogP contribution in [0.3, 0.4) is 0 Å². The molecule has 0 bridgehead atoms. The lowest BCUT2D eigenvalue weighted by molar-refractivity contribution is -0.141. The van der Waals surface area contributed by atoms with Gasteiger partial charge in [-0.1, -0.05) is 18.0 Å². The molecule has 2 amide bonds. The normalized spacial score (nSPS) is 24.8. The van der Waals surface area contributed by atoms with E-state index in [1.54, 1.807) is 18.1 Å². The Hall–Kier alpha value is -1.89. The largest absolute Gasteiger partial charge is 0.384 e. The number of ether oxygens (including phenoxy) is 1. The predicted molar refractivity (Wildman–Crippen MR) is 98.3 cm³/mol. The highest BCUT2D eigenvalue weighted by Gasteiger charge is 2.45. The van der Waals surface area contributed by atoms with Crippen molar-refractivity contribution in [3.63, 3.8) is 0 Å². The van der Waals surface area contributed by atoms with E-state index in [-0.39, 0.29) is 23.3 Å². The van der Waals surface area contributed by atoms with Gasteiger partial charge in [-0.05, 0) is 38.5 Å². The van der Waals surface area contributed by atoms with Crippen LogP contribution in [0.4, 0.5) is 0 Å². The molecule has 3 aliphatic rings. The SMILES string of the molecule is COCC1(C(=O)NC2CCCN(C(=O)c3cc(C4CCC4)no3)C2)CCC1. The van der Waals surface area contributed by atoms with Crippen LogP contribution in [0, 0.1) is 5.41 Å². The van der Waals surface area contributed by atoms with Crippen molar-refractivity contribution in [2.75, 3.05) is 26.8 Å². The first-order valence-electron chi connectivity index (χ1n) is 10.2. The lowest BCUT2D eigenvalue weighted by Crippen LogP contribution is -2.55. The molecule has 3 fully saturated rings. The topological polar surface area (TPSA) is 84.7 Å². The Morgan fingerprint density at radius 2 is 2.11 bits per heavy atom. The number of amides is 2. The molecule has 7 nitrogen and oxygen atoms in total. The van der Waals surface area contributed by atoms with Crippen LogP contribution in [0.25, 0.3) is 0 Å². The zero-order chi connectivity index (χ0) is 18.9. The molecule has 2 saturated carbocycles. The van der Waals surface area contributed by atoms with Crippen molar-refractivity contribution in [3.05, 3.63) is 17.5 Å². The molecule has 148 valence electrons. The third kappa shape index (κ3) is 3.61. The maximum absolute atomic E-state index is 12.8. The first-order chi connectivity index (χ1) is 13.1. The van der Waals surface area contributed by atoms with Crippen molar-refractivity contribution in [1.29, 1.82) is 0 Å². The number of nitrogens with one attached hydrogen (secondary N) is 1. The standard InChI is InChI=1S/C20H29N3O4/c1-26-13-20(8-4-9-20)19(25)21-15-7-3-10-23(12-15)18(24)17-11-16(22-27-17)14-5-2-6-14/h11,14-15H,2-10,12-13H2,1H3,(H,21,25). The molecule has 0 aromatic carbocycles. The van der Waals surface area contributed by atoms with E-state index in [0.717, 1.165) is 50.6 Å². The molecular formula is C20H29N3O4. The Bertz CT molecular complexity index is 693. The zero-order valence-electron chi connectivity index (χ0n) is 16.0. The first kappa shape index (κ1) is 18.5. The highest BCUT2D eigenvalue weighted by atomic mass is 16.5. The van der Waals surface area contributed by atoms with Gasteiger partial charge in [-0.15, -0.1) is 0 Å². The van der Waals surface area contributed by atoms with Gasteiger partial charge in [0, 0.05) is 38.2 Å². The Morgan fingerprint density at radius 3 is 2.74 bits per heavy atom. The van der Waals surface area contributed by atoms with Crippen LogP contribution in [0.1, 0.15) is 73.5 Å². The highest BCUT2D eigenvalue weighted by Crippen LogP contribution is 2.41. The van der Waals surface area contributed by atoms with Crippen molar-refractivity contribution < 1.29 is 18.8 Å². The van der Waals surface area contributed by atoms with E-state index in [4.69, 9.17) is 9.26 Å². The molecule has 1 saturated heterocycles. The number of methoxy groups -OCH3 is 1. The maximum atomic E-state index is 12.8. The van der Waals surface area contributed by atoms with Crippen molar-refractivity contribution in [3.8, 4) is 0 Å². The fourth-order valence-electron chi connectivity index (χ4n) is 4.38. The van der Waals surface area contributed by atoms with E-state index in [1.165, 1.54) is 6.42 Å². The molecule has 1 aromatic heterocycles. The number of aromatic nitrogens is 1. The van der Waals surface area contributed by atoms with Crippen molar-refractivity contribution in [2.45, 2.75) is 63.3 Å². The summed E-state index contributed by atoms with van der Waals surface area (Å²) in [7, 11) is 1.64. The molecule has 2 heterocycles. The van der Waals surface area contributed by atoms with Gasteiger partial charge < -0.3 is 19.5 Å². The number of carbonyl (C=O) groups excluding carboxylic acids is 2. The third-order valence-corrected chi connectivity index (χ3v) is 6.52. The van der Waals surface area contributed by atoms with Crippen LogP contribution in [0.2, 0.25) is 0 Å². The van der Waals surface area contributed by atoms with Crippen LogP contribution < -0.4 is 5.32 Å². The Balaban J connectivity index is 1.35. The number of piperidine rings is 1. The van der Waals surface area contributed by atoms with Gasteiger partial charge in [-0.2, -0.15) is 0 Å². The van der Waals surface area contributed by atoms with Gasteiger partial charge in [-0.25, -0.2) is 0 Å². The Morgan fingerprint density at radius 1 is 1.30 bits per heavy atom. The first-order valence-corrected chi connectivity index (χ1v) is 10.2. The van der Waals surface area contributed by atoms with Gasteiger partial charge >= 0.3 is 0 Å². The molecule has 27 heavy (non-hydrogen) atoms. The summed E-state index contributed by atoms with van der Waals surface area (Å²) in [6.45, 7) is 1.68. The van der Waals surface area contributed by atoms with Gasteiger partial charge in [0.1, 0.15) is 0 Å². The maximum Gasteiger partial charge on any atom is 0.292 e. The van der Waals surface area contributed by atoms with Gasteiger partial charge in [0.2, 0.25) is 11.7 Å². The van der Waals surface area contributed by atoms with Gasteiger partial charge in [0.05, 0.1) is 17.7 Å². The molecule has 1 unspecified atom stereocenters. The van der Waals surface area contributed by atoms with Gasteiger partial charge in [-0.3, -0.25) is 9.59 Å². The minimum atomic E-state index is -0.371. The van der Waals surface area contributed by atoms with E-state index in [1.807, 2.05) is 0 Å². The molecule has 1 aromatic rings. The van der Waals surface area contributed by atoms with E-state index < -0.39 is 0 Å². The average Bonchev–Trinajstić information content (AvgIpc) is 3.05. The molecule has 7 heteroatoms. The van der Waals surface area contributed by atoms with Crippen molar-refractivity contribution >= 4 is 11.8 Å². The lowest BCUT2D eigenvalue weighted by Gasteiger charge is -2.41. The van der Waals surface area contributed by atoms with Crippen LogP contribution in [0.5, 0.6) is 0 Å². The second-order valence-electron chi connectivity index (χ2n) is 8.37. The quantitative estimate of drug-likeness (QED) is 0.826. The fraction of sp³-hybridized carbons (Fsp3) is 0.750. The molecule has 1 aliphatic heterocycles. The summed E-state index contributed by atoms with van der Waals surface area (Å²) in [5.74, 6) is 0.714. The fourth-order valence-corrected chi connectivity index (χ4v) is 4.38. The van der Waals surface area contributed by atoms with Crippen LogP contribution >= 0.6 is 0 Å². The third-order valence-electron chi connectivity index (χ3n) is 6.52.